The molecule has 0 bridgehead atoms. The number of nitrogens with zero attached hydrogens (tertiary/aromatic N) is 1. The van der Waals surface area contributed by atoms with E-state index in [0.29, 0.717) is 23.6 Å². The van der Waals surface area contributed by atoms with Crippen molar-refractivity contribution in [2.75, 3.05) is 25.1 Å². The first-order chi connectivity index (χ1) is 17.4. The molecule has 8 nitrogen and oxygen atoms in total. The second kappa shape index (κ2) is 11.2. The number of fused-ring (bicyclic) bond motifs is 2. The quantitative estimate of drug-likeness (QED) is 0.583. The number of aliphatic hydroxyl groups is 1. The van der Waals surface area contributed by atoms with E-state index in [4.69, 9.17) is 21.1 Å². The number of halogens is 1. The summed E-state index contributed by atoms with van der Waals surface area (Å²) in [6.07, 6.45) is 1.86. The molecular weight excluding hydrogens is 482 g/mol. The average Bonchev–Trinajstić information content (AvgIpc) is 3.25. The van der Waals surface area contributed by atoms with Gasteiger partial charge in [0.25, 0.3) is 0 Å². The second-order valence-electron chi connectivity index (χ2n) is 9.87. The Morgan fingerprint density at radius 3 is 2.47 bits per heavy atom. The van der Waals surface area contributed by atoms with Gasteiger partial charge < -0.3 is 30.1 Å². The first kappa shape index (κ1) is 25.0. The van der Waals surface area contributed by atoms with E-state index in [0.717, 1.165) is 12.8 Å². The number of rotatable bonds is 4. The first-order valence-corrected chi connectivity index (χ1v) is 12.9. The van der Waals surface area contributed by atoms with Crippen molar-refractivity contribution >= 4 is 29.2 Å². The minimum absolute atomic E-state index is 0.0178. The highest BCUT2D eigenvalue weighted by atomic mass is 35.5. The zero-order valence-corrected chi connectivity index (χ0v) is 20.8. The molecule has 3 N–H and O–H groups in total. The first-order valence-electron chi connectivity index (χ1n) is 12.5. The summed E-state index contributed by atoms with van der Waals surface area (Å²) in [7, 11) is 0. The van der Waals surface area contributed by atoms with Crippen LogP contribution in [0.5, 0.6) is 0 Å². The maximum atomic E-state index is 13.2. The molecule has 9 heteroatoms. The number of benzene rings is 2. The molecule has 2 fully saturated rings. The number of nitrogens with one attached hydrogen (secondary N) is 2. The highest BCUT2D eigenvalue weighted by Crippen LogP contribution is 2.29. The van der Waals surface area contributed by atoms with E-state index >= 15 is 0 Å². The van der Waals surface area contributed by atoms with Gasteiger partial charge in [0.15, 0.2) is 0 Å². The fourth-order valence-corrected chi connectivity index (χ4v) is 5.58. The molecule has 36 heavy (non-hydrogen) atoms. The van der Waals surface area contributed by atoms with Crippen LogP contribution in [0.15, 0.2) is 48.5 Å². The summed E-state index contributed by atoms with van der Waals surface area (Å²) in [4.78, 5) is 27.6. The van der Waals surface area contributed by atoms with Crippen LogP contribution in [-0.4, -0.2) is 72.1 Å². The minimum atomic E-state index is -0.791. The van der Waals surface area contributed by atoms with Crippen LogP contribution in [-0.2, 0) is 27.1 Å². The fraction of sp³-hybridized carbons (Fsp3) is 0.481. The number of hydrogen-bond acceptors (Lipinski definition) is 5. The lowest BCUT2D eigenvalue weighted by Gasteiger charge is -2.44. The molecule has 2 aliphatic heterocycles. The van der Waals surface area contributed by atoms with Gasteiger partial charge in [0.1, 0.15) is 6.10 Å². The molecule has 2 saturated heterocycles. The van der Waals surface area contributed by atoms with Crippen molar-refractivity contribution in [2.24, 2.45) is 0 Å². The largest absolute Gasteiger partial charge is 0.389 e. The second-order valence-corrected chi connectivity index (χ2v) is 10.3. The summed E-state index contributed by atoms with van der Waals surface area (Å²) in [5, 5.41) is 17.0. The van der Waals surface area contributed by atoms with Crippen LogP contribution in [0.4, 0.5) is 10.5 Å². The monoisotopic (exact) mass is 513 g/mol. The van der Waals surface area contributed by atoms with Gasteiger partial charge >= 0.3 is 6.03 Å². The molecule has 0 spiro atoms. The third-order valence-corrected chi connectivity index (χ3v) is 7.42. The molecule has 0 aromatic heterocycles. The lowest BCUT2D eigenvalue weighted by Crippen LogP contribution is -2.58. The minimum Gasteiger partial charge on any atom is -0.389 e. The molecule has 5 rings (SSSR count). The van der Waals surface area contributed by atoms with Crippen LogP contribution >= 0.6 is 11.6 Å². The molecule has 0 radical (unpaired) electrons. The number of carbonyl (C=O) groups excluding carboxylic acids is 2. The van der Waals surface area contributed by atoms with Crippen molar-refractivity contribution in [2.45, 2.75) is 62.5 Å². The van der Waals surface area contributed by atoms with E-state index < -0.39 is 6.10 Å². The molecule has 0 saturated carbocycles. The van der Waals surface area contributed by atoms with Gasteiger partial charge in [0.2, 0.25) is 5.91 Å². The summed E-state index contributed by atoms with van der Waals surface area (Å²) in [5.74, 6) is -0.0178. The number of β-amino-alcohol motifs (C(OH)–C–C–N with tert-alkyl or cyclic N) is 1. The zero-order valence-electron chi connectivity index (χ0n) is 20.1. The molecule has 3 amide bonds. The van der Waals surface area contributed by atoms with Crippen LogP contribution in [0.3, 0.4) is 0 Å². The van der Waals surface area contributed by atoms with Gasteiger partial charge in [-0.3, -0.25) is 4.79 Å². The van der Waals surface area contributed by atoms with E-state index in [9.17, 15) is 14.7 Å². The van der Waals surface area contributed by atoms with Gasteiger partial charge in [-0.1, -0.05) is 35.9 Å². The van der Waals surface area contributed by atoms with E-state index in [1.807, 2.05) is 12.1 Å². The maximum Gasteiger partial charge on any atom is 0.322 e. The Balaban J connectivity index is 1.18. The Kier molecular flexibility index (Phi) is 7.76. The van der Waals surface area contributed by atoms with Crippen molar-refractivity contribution in [3.8, 4) is 0 Å². The van der Waals surface area contributed by atoms with Crippen molar-refractivity contribution in [1.29, 1.82) is 0 Å². The van der Waals surface area contributed by atoms with Gasteiger partial charge in [0.05, 0.1) is 44.4 Å². The number of aliphatic hydroxyl groups excluding tert-OH is 1. The molecule has 1 aliphatic carbocycles. The summed E-state index contributed by atoms with van der Waals surface area (Å²) in [6, 6.07) is 14.7. The van der Waals surface area contributed by atoms with Crippen LogP contribution in [0.2, 0.25) is 5.02 Å². The Morgan fingerprint density at radius 2 is 1.75 bits per heavy atom. The van der Waals surface area contributed by atoms with Gasteiger partial charge in [-0.2, -0.15) is 0 Å². The van der Waals surface area contributed by atoms with Crippen molar-refractivity contribution in [1.82, 2.24) is 10.2 Å². The Labute approximate surface area is 215 Å². The van der Waals surface area contributed by atoms with Crippen molar-refractivity contribution < 1.29 is 24.2 Å². The van der Waals surface area contributed by atoms with Gasteiger partial charge in [0, 0.05) is 16.8 Å². The Hall–Kier alpha value is -2.65. The molecule has 2 heterocycles. The average molecular weight is 514 g/mol. The molecule has 3 aliphatic rings. The van der Waals surface area contributed by atoms with Gasteiger partial charge in [-0.05, 0) is 61.1 Å². The number of carbonyl (C=O) groups is 2. The van der Waals surface area contributed by atoms with Crippen LogP contribution in [0, 0.1) is 0 Å². The molecule has 2 aromatic carbocycles. The molecular formula is C27H32ClN3O5. The van der Waals surface area contributed by atoms with E-state index in [1.54, 1.807) is 29.2 Å². The predicted molar refractivity (Wildman–Crippen MR) is 136 cm³/mol. The summed E-state index contributed by atoms with van der Waals surface area (Å²) in [6.45, 7) is 0.505. The maximum absolute atomic E-state index is 13.2. The smallest absolute Gasteiger partial charge is 0.322 e. The van der Waals surface area contributed by atoms with E-state index in [2.05, 4.69) is 22.8 Å². The SMILES string of the molecule is O=C(C[C@H]1CC[C@H]2[C@@H](COC[C@@H](O)CN2C(=O)Nc2ccc(Cl)cc2)O1)NC1Cc2ccccc2C1. The molecule has 192 valence electrons. The number of urea groups is 1. The van der Waals surface area contributed by atoms with Crippen LogP contribution in [0.1, 0.15) is 30.4 Å². The van der Waals surface area contributed by atoms with Gasteiger partial charge in [-0.15, -0.1) is 0 Å². The van der Waals surface area contributed by atoms with Gasteiger partial charge in [-0.25, -0.2) is 4.79 Å². The summed E-state index contributed by atoms with van der Waals surface area (Å²) < 4.78 is 12.0. The van der Waals surface area contributed by atoms with E-state index in [1.165, 1.54) is 11.1 Å². The number of ether oxygens (including phenoxy) is 2. The molecule has 0 unspecified atom stereocenters. The molecule has 2 aromatic rings. The standard InChI is InChI=1S/C27H32ClN3O5/c28-19-5-7-20(8-6-19)30-27(34)31-14-22(32)15-35-16-25-24(31)10-9-23(36-25)13-26(33)29-21-11-17-3-1-2-4-18(17)12-21/h1-8,21-25,32H,9-16H2,(H,29,33)(H,30,34)/t22-,23+,24-,25+/m0/s1. The lowest BCUT2D eigenvalue weighted by molar-refractivity contribution is -0.150. The third kappa shape index (κ3) is 6.00. The lowest BCUT2D eigenvalue weighted by atomic mass is 9.95. The Morgan fingerprint density at radius 1 is 1.03 bits per heavy atom. The summed E-state index contributed by atoms with van der Waals surface area (Å²) >= 11 is 5.95. The van der Waals surface area contributed by atoms with Crippen LogP contribution in [0.25, 0.3) is 0 Å². The topological polar surface area (TPSA) is 100 Å². The van der Waals surface area contributed by atoms with Crippen molar-refractivity contribution in [3.63, 3.8) is 0 Å². The third-order valence-electron chi connectivity index (χ3n) is 7.17. The highest BCUT2D eigenvalue weighted by Gasteiger charge is 2.40. The molecule has 4 atom stereocenters. The number of hydrogen-bond donors (Lipinski definition) is 3. The van der Waals surface area contributed by atoms with Crippen LogP contribution < -0.4 is 10.6 Å². The normalized spacial score (nSPS) is 26.3. The fourth-order valence-electron chi connectivity index (χ4n) is 5.46. The Bertz CT molecular complexity index is 1060. The zero-order chi connectivity index (χ0) is 25.1. The number of anilines is 1. The summed E-state index contributed by atoms with van der Waals surface area (Å²) in [5.41, 5.74) is 3.21. The number of amides is 3. The van der Waals surface area contributed by atoms with E-state index in [-0.39, 0.29) is 62.4 Å². The highest BCUT2D eigenvalue weighted by molar-refractivity contribution is 6.30. The predicted octanol–water partition coefficient (Wildman–Crippen LogP) is 3.15. The van der Waals surface area contributed by atoms with Crippen molar-refractivity contribution in [3.05, 3.63) is 64.7 Å².